The first-order valence-electron chi connectivity index (χ1n) is 24.3. The standard InChI is InChI=1S/C67H49NO/c1-65(2)55-21-8-5-16-49(55)51-39-37-47(41-61(51)65)68(46-35-30-43(31-36-46)48-19-15-20-54-53-18-7-14-27-63(53)69-64(48)54)45-33-28-42(29-34-45)44-32-38-52-50-17-6-9-22-56(50)67(62(52)40-44)59-25-12-10-23-57(59)66(3,4)58-24-11-13-26-60(58)67/h5-41H,1-4H3. The molecule has 14 rings (SSSR count). The topological polar surface area (TPSA) is 16.4 Å². The van der Waals surface area contributed by atoms with Crippen LogP contribution in [0.25, 0.3) is 66.4 Å². The second kappa shape index (κ2) is 14.4. The summed E-state index contributed by atoms with van der Waals surface area (Å²) in [5.74, 6) is 0. The fourth-order valence-corrected chi connectivity index (χ4v) is 12.9. The highest BCUT2D eigenvalue weighted by atomic mass is 16.3. The molecule has 2 nitrogen and oxygen atoms in total. The number of fused-ring (bicyclic) bond motifs is 15. The second-order valence-corrected chi connectivity index (χ2v) is 20.4. The lowest BCUT2D eigenvalue weighted by molar-refractivity contribution is 0.563. The molecule has 3 aliphatic carbocycles. The average Bonchev–Trinajstić information content (AvgIpc) is 4.00. The monoisotopic (exact) mass is 883 g/mol. The molecule has 0 atom stereocenters. The van der Waals surface area contributed by atoms with Gasteiger partial charge in [0.15, 0.2) is 0 Å². The van der Waals surface area contributed by atoms with E-state index in [0.29, 0.717) is 0 Å². The van der Waals surface area contributed by atoms with E-state index in [4.69, 9.17) is 4.42 Å². The van der Waals surface area contributed by atoms with E-state index in [1.165, 1.54) is 77.9 Å². The molecule has 0 fully saturated rings. The Morgan fingerprint density at radius 2 is 0.768 bits per heavy atom. The minimum Gasteiger partial charge on any atom is -0.455 e. The summed E-state index contributed by atoms with van der Waals surface area (Å²) in [4.78, 5) is 2.42. The SMILES string of the molecule is CC1(C)c2ccccc2-c2ccc(N(c3ccc(-c4ccc5c(c4)C4(c6ccccc6-5)c5ccccc5C(C)(C)c5ccccc54)cc3)c3ccc(-c4cccc5c4oc4ccccc45)cc3)cc21. The first kappa shape index (κ1) is 39.9. The number of hydrogen-bond acceptors (Lipinski definition) is 2. The third-order valence-electron chi connectivity index (χ3n) is 16.2. The van der Waals surface area contributed by atoms with Crippen molar-refractivity contribution in [1.29, 1.82) is 0 Å². The van der Waals surface area contributed by atoms with Crippen molar-refractivity contribution in [3.63, 3.8) is 0 Å². The molecule has 1 aromatic heterocycles. The molecule has 0 N–H and O–H groups in total. The number of nitrogens with zero attached hydrogens (tertiary/aromatic N) is 1. The number of anilines is 3. The molecule has 328 valence electrons. The summed E-state index contributed by atoms with van der Waals surface area (Å²) in [7, 11) is 0. The Morgan fingerprint density at radius 3 is 1.46 bits per heavy atom. The van der Waals surface area contributed by atoms with Gasteiger partial charge in [-0.2, -0.15) is 0 Å². The zero-order valence-corrected chi connectivity index (χ0v) is 39.2. The molecule has 1 heterocycles. The molecule has 3 aliphatic rings. The van der Waals surface area contributed by atoms with Crippen molar-refractivity contribution in [2.75, 3.05) is 4.90 Å². The fourth-order valence-electron chi connectivity index (χ4n) is 12.9. The van der Waals surface area contributed by atoms with E-state index in [0.717, 1.165) is 50.1 Å². The van der Waals surface area contributed by atoms with Gasteiger partial charge in [0.05, 0.1) is 5.41 Å². The van der Waals surface area contributed by atoms with Crippen LogP contribution in [0.2, 0.25) is 0 Å². The van der Waals surface area contributed by atoms with Gasteiger partial charge in [0.25, 0.3) is 0 Å². The zero-order valence-electron chi connectivity index (χ0n) is 39.2. The van der Waals surface area contributed by atoms with E-state index >= 15 is 0 Å². The molecule has 0 saturated carbocycles. The maximum absolute atomic E-state index is 6.49. The number of furan rings is 1. The van der Waals surface area contributed by atoms with Crippen molar-refractivity contribution in [3.8, 4) is 44.5 Å². The largest absolute Gasteiger partial charge is 0.455 e. The molecule has 0 amide bonds. The fraction of sp³-hybridized carbons (Fsp3) is 0.104. The van der Waals surface area contributed by atoms with Crippen LogP contribution in [0.4, 0.5) is 17.1 Å². The van der Waals surface area contributed by atoms with Gasteiger partial charge in [0.1, 0.15) is 11.2 Å². The Bertz CT molecular complexity index is 3850. The molecule has 0 aliphatic heterocycles. The smallest absolute Gasteiger partial charge is 0.143 e. The van der Waals surface area contributed by atoms with E-state index in [9.17, 15) is 0 Å². The van der Waals surface area contributed by atoms with E-state index in [1.54, 1.807) is 0 Å². The maximum Gasteiger partial charge on any atom is 0.143 e. The molecule has 10 aromatic carbocycles. The predicted octanol–water partition coefficient (Wildman–Crippen LogP) is 17.7. The van der Waals surface area contributed by atoms with E-state index in [1.807, 2.05) is 6.07 Å². The molecule has 11 aromatic rings. The van der Waals surface area contributed by atoms with Crippen LogP contribution in [0.15, 0.2) is 229 Å². The van der Waals surface area contributed by atoms with Gasteiger partial charge in [-0.1, -0.05) is 204 Å². The van der Waals surface area contributed by atoms with Crippen LogP contribution in [0.1, 0.15) is 72.2 Å². The van der Waals surface area contributed by atoms with Crippen LogP contribution >= 0.6 is 0 Å². The first-order valence-corrected chi connectivity index (χ1v) is 24.3. The molecular weight excluding hydrogens is 835 g/mol. The predicted molar refractivity (Wildman–Crippen MR) is 286 cm³/mol. The van der Waals surface area contributed by atoms with Gasteiger partial charge < -0.3 is 9.32 Å². The van der Waals surface area contributed by atoms with E-state index in [2.05, 4.69) is 251 Å². The Labute approximate surface area is 403 Å². The van der Waals surface area contributed by atoms with Gasteiger partial charge in [-0.25, -0.2) is 0 Å². The summed E-state index contributed by atoms with van der Waals surface area (Å²) >= 11 is 0. The number of rotatable bonds is 5. The molecular formula is C67H49NO. The van der Waals surface area contributed by atoms with Crippen molar-refractivity contribution in [2.45, 2.75) is 43.9 Å². The molecule has 2 heteroatoms. The number of hydrogen-bond donors (Lipinski definition) is 0. The third-order valence-corrected chi connectivity index (χ3v) is 16.2. The van der Waals surface area contributed by atoms with Gasteiger partial charge in [-0.05, 0) is 132 Å². The lowest BCUT2D eigenvalue weighted by Crippen LogP contribution is -2.40. The van der Waals surface area contributed by atoms with Crippen LogP contribution in [0, 0.1) is 0 Å². The van der Waals surface area contributed by atoms with Crippen molar-refractivity contribution in [1.82, 2.24) is 0 Å². The Balaban J connectivity index is 0.901. The number of benzene rings is 10. The van der Waals surface area contributed by atoms with Gasteiger partial charge in [-0.15, -0.1) is 0 Å². The zero-order chi connectivity index (χ0) is 46.2. The summed E-state index contributed by atoms with van der Waals surface area (Å²) in [5, 5.41) is 2.27. The van der Waals surface area contributed by atoms with Crippen molar-refractivity contribution in [2.24, 2.45) is 0 Å². The van der Waals surface area contributed by atoms with Crippen LogP contribution in [0.5, 0.6) is 0 Å². The lowest BCUT2D eigenvalue weighted by Gasteiger charge is -2.46. The van der Waals surface area contributed by atoms with Gasteiger partial charge in [0.2, 0.25) is 0 Å². The summed E-state index contributed by atoms with van der Waals surface area (Å²) in [6.07, 6.45) is 0. The van der Waals surface area contributed by atoms with Crippen LogP contribution in [-0.2, 0) is 16.2 Å². The molecule has 0 unspecified atom stereocenters. The van der Waals surface area contributed by atoms with Gasteiger partial charge in [-0.3, -0.25) is 0 Å². The van der Waals surface area contributed by atoms with Crippen LogP contribution in [0.3, 0.4) is 0 Å². The minimum absolute atomic E-state index is 0.133. The first-order chi connectivity index (χ1) is 33.7. The summed E-state index contributed by atoms with van der Waals surface area (Å²) in [5.41, 5.74) is 25.3. The van der Waals surface area contributed by atoms with Crippen LogP contribution < -0.4 is 4.90 Å². The van der Waals surface area contributed by atoms with E-state index in [-0.39, 0.29) is 10.8 Å². The Kier molecular flexibility index (Phi) is 8.33. The summed E-state index contributed by atoms with van der Waals surface area (Å²) < 4.78 is 6.49. The van der Waals surface area contributed by atoms with Gasteiger partial charge >= 0.3 is 0 Å². The minimum atomic E-state index is -0.440. The molecule has 1 spiro atoms. The normalized spacial score (nSPS) is 15.0. The lowest BCUT2D eigenvalue weighted by atomic mass is 9.55. The molecule has 0 radical (unpaired) electrons. The quantitative estimate of drug-likeness (QED) is 0.171. The van der Waals surface area contributed by atoms with Crippen molar-refractivity contribution < 1.29 is 4.42 Å². The molecule has 69 heavy (non-hydrogen) atoms. The number of para-hydroxylation sites is 2. The van der Waals surface area contributed by atoms with Gasteiger partial charge in [0, 0.05) is 44.2 Å². The highest BCUT2D eigenvalue weighted by Gasteiger charge is 2.53. The summed E-state index contributed by atoms with van der Waals surface area (Å²) in [6, 6.07) is 83.6. The molecule has 0 saturated heterocycles. The second-order valence-electron chi connectivity index (χ2n) is 20.4. The average molecular weight is 884 g/mol. The Morgan fingerprint density at radius 1 is 0.304 bits per heavy atom. The van der Waals surface area contributed by atoms with Crippen LogP contribution in [-0.4, -0.2) is 0 Å². The maximum atomic E-state index is 6.49. The van der Waals surface area contributed by atoms with E-state index < -0.39 is 5.41 Å². The third kappa shape index (κ3) is 5.49. The van der Waals surface area contributed by atoms with Crippen molar-refractivity contribution >= 4 is 39.0 Å². The highest BCUT2D eigenvalue weighted by Crippen LogP contribution is 2.62. The summed E-state index contributed by atoms with van der Waals surface area (Å²) in [6.45, 7) is 9.50. The van der Waals surface area contributed by atoms with Crippen molar-refractivity contribution in [3.05, 3.63) is 269 Å². The Hall–Kier alpha value is -8.20. The molecule has 0 bridgehead atoms. The highest BCUT2D eigenvalue weighted by molar-refractivity contribution is 6.09.